The van der Waals surface area contributed by atoms with E-state index in [9.17, 15) is 0 Å². The van der Waals surface area contributed by atoms with Crippen molar-refractivity contribution in [2.45, 2.75) is 6.35 Å². The minimum atomic E-state index is -0.921. The normalized spacial score (nSPS) is 26.2. The zero-order valence-electron chi connectivity index (χ0n) is 5.02. The summed E-state index contributed by atoms with van der Waals surface area (Å²) in [4.78, 5) is 3.59. The van der Waals surface area contributed by atoms with E-state index in [0.29, 0.717) is 0 Å². The van der Waals surface area contributed by atoms with Crippen molar-refractivity contribution in [3.8, 4) is 0 Å². The lowest BCUT2D eigenvalue weighted by atomic mass is 10.6. The number of amidine groups is 1. The van der Waals surface area contributed by atoms with Gasteiger partial charge in [0, 0.05) is 7.05 Å². The van der Waals surface area contributed by atoms with Crippen molar-refractivity contribution in [1.29, 1.82) is 0 Å². The smallest absolute Gasteiger partial charge is 0.242 e. The highest BCUT2D eigenvalue weighted by molar-refractivity contribution is 6.28. The molecule has 5 heteroatoms. The molecule has 0 saturated heterocycles. The molecule has 0 spiro atoms. The van der Waals surface area contributed by atoms with Crippen molar-refractivity contribution < 1.29 is 5.11 Å². The van der Waals surface area contributed by atoms with Crippen molar-refractivity contribution in [2.24, 2.45) is 15.8 Å². The van der Waals surface area contributed by atoms with Crippen molar-refractivity contribution in [3.63, 3.8) is 0 Å². The highest BCUT2D eigenvalue weighted by Gasteiger charge is 2.09. The summed E-state index contributed by atoms with van der Waals surface area (Å²) in [7, 11) is 1.61. The van der Waals surface area contributed by atoms with E-state index < -0.39 is 6.35 Å². The van der Waals surface area contributed by atoms with Gasteiger partial charge < -0.3 is 10.8 Å². The first kappa shape index (κ1) is 6.03. The van der Waals surface area contributed by atoms with E-state index in [1.54, 1.807) is 7.05 Å². The van der Waals surface area contributed by atoms with Gasteiger partial charge in [0.1, 0.15) is 5.84 Å². The van der Waals surface area contributed by atoms with Crippen LogP contribution in [0.5, 0.6) is 0 Å². The number of nitrogens with zero attached hydrogens (tertiary/aromatic N) is 3. The number of aliphatic imine (C=N–C) groups is 1. The molecule has 0 aromatic carbocycles. The highest BCUT2D eigenvalue weighted by Crippen LogP contribution is 1.96. The lowest BCUT2D eigenvalue weighted by molar-refractivity contribution is 0.0309. The zero-order valence-corrected chi connectivity index (χ0v) is 5.02. The van der Waals surface area contributed by atoms with Gasteiger partial charge in [0.2, 0.25) is 6.35 Å². The van der Waals surface area contributed by atoms with Crippen LogP contribution in [-0.2, 0) is 0 Å². The molecular weight excluding hydrogens is 120 g/mol. The molecule has 1 unspecified atom stereocenters. The average molecular weight is 128 g/mol. The summed E-state index contributed by atoms with van der Waals surface area (Å²) in [6.07, 6.45) is 0.460. The summed E-state index contributed by atoms with van der Waals surface area (Å²) in [5, 5.41) is 13.9. The van der Waals surface area contributed by atoms with Crippen molar-refractivity contribution in [2.75, 3.05) is 7.05 Å². The van der Waals surface area contributed by atoms with Gasteiger partial charge in [-0.3, -0.25) is 5.01 Å². The topological polar surface area (TPSA) is 74.2 Å². The molecule has 1 atom stereocenters. The SMILES string of the molecule is CN1N=CC(N)=NC1O. The Balaban J connectivity index is 2.70. The van der Waals surface area contributed by atoms with Gasteiger partial charge in [0.25, 0.3) is 0 Å². The van der Waals surface area contributed by atoms with Gasteiger partial charge in [-0.15, -0.1) is 0 Å². The zero-order chi connectivity index (χ0) is 6.85. The standard InChI is InChI=1S/C4H8N4O/c1-8-4(9)7-3(5)2-6-8/h2,4,9H,1H3,(H2,5,7). The number of aliphatic hydroxyl groups excluding tert-OH is 1. The first-order valence-electron chi connectivity index (χ1n) is 2.48. The van der Waals surface area contributed by atoms with E-state index in [0.717, 1.165) is 0 Å². The molecule has 0 aromatic rings. The van der Waals surface area contributed by atoms with Crippen LogP contribution in [0.4, 0.5) is 0 Å². The van der Waals surface area contributed by atoms with E-state index in [1.165, 1.54) is 11.2 Å². The third kappa shape index (κ3) is 1.17. The molecule has 1 rings (SSSR count). The van der Waals surface area contributed by atoms with Crippen LogP contribution in [0.1, 0.15) is 0 Å². The first-order valence-corrected chi connectivity index (χ1v) is 2.48. The second-order valence-corrected chi connectivity index (χ2v) is 1.72. The predicted molar refractivity (Wildman–Crippen MR) is 33.9 cm³/mol. The maximum atomic E-state index is 8.89. The fraction of sp³-hybridized carbons (Fsp3) is 0.500. The highest BCUT2D eigenvalue weighted by atomic mass is 16.3. The summed E-state index contributed by atoms with van der Waals surface area (Å²) >= 11 is 0. The molecule has 0 aromatic heterocycles. The summed E-state index contributed by atoms with van der Waals surface area (Å²) in [6, 6.07) is 0. The second-order valence-electron chi connectivity index (χ2n) is 1.72. The Labute approximate surface area is 52.5 Å². The Kier molecular flexibility index (Phi) is 1.35. The monoisotopic (exact) mass is 128 g/mol. The number of hydrogen-bond acceptors (Lipinski definition) is 5. The summed E-state index contributed by atoms with van der Waals surface area (Å²) in [5.41, 5.74) is 5.20. The lowest BCUT2D eigenvalue weighted by Crippen LogP contribution is -2.33. The largest absolute Gasteiger partial charge is 0.383 e. The predicted octanol–water partition coefficient (Wildman–Crippen LogP) is -1.45. The molecule has 1 heterocycles. The second kappa shape index (κ2) is 2.02. The number of hydrazone groups is 1. The quantitative estimate of drug-likeness (QED) is 0.419. The molecule has 9 heavy (non-hydrogen) atoms. The first-order chi connectivity index (χ1) is 4.20. The van der Waals surface area contributed by atoms with Crippen LogP contribution in [0.15, 0.2) is 10.1 Å². The van der Waals surface area contributed by atoms with Crippen LogP contribution in [0.25, 0.3) is 0 Å². The van der Waals surface area contributed by atoms with Crippen LogP contribution in [0.3, 0.4) is 0 Å². The van der Waals surface area contributed by atoms with E-state index in [1.807, 2.05) is 0 Å². The van der Waals surface area contributed by atoms with Crippen LogP contribution >= 0.6 is 0 Å². The Morgan fingerprint density at radius 1 is 1.89 bits per heavy atom. The Morgan fingerprint density at radius 2 is 2.56 bits per heavy atom. The Hall–Kier alpha value is -1.10. The van der Waals surface area contributed by atoms with Gasteiger partial charge in [0.05, 0.1) is 6.21 Å². The Morgan fingerprint density at radius 3 is 3.00 bits per heavy atom. The number of hydrogen-bond donors (Lipinski definition) is 2. The third-order valence-corrected chi connectivity index (χ3v) is 0.971. The molecule has 3 N–H and O–H groups in total. The van der Waals surface area contributed by atoms with Crippen LogP contribution in [-0.4, -0.2) is 35.6 Å². The third-order valence-electron chi connectivity index (χ3n) is 0.971. The summed E-state index contributed by atoms with van der Waals surface area (Å²) < 4.78 is 0. The van der Waals surface area contributed by atoms with Crippen molar-refractivity contribution in [1.82, 2.24) is 5.01 Å². The molecule has 0 aliphatic carbocycles. The fourth-order valence-corrected chi connectivity index (χ4v) is 0.460. The van der Waals surface area contributed by atoms with E-state index in [4.69, 9.17) is 10.8 Å². The van der Waals surface area contributed by atoms with Crippen LogP contribution < -0.4 is 5.73 Å². The molecule has 5 nitrogen and oxygen atoms in total. The molecule has 1 aliphatic rings. The lowest BCUT2D eigenvalue weighted by Gasteiger charge is -2.19. The summed E-state index contributed by atoms with van der Waals surface area (Å²) in [5.74, 6) is 0.251. The van der Waals surface area contributed by atoms with Gasteiger partial charge in [-0.2, -0.15) is 5.10 Å². The van der Waals surface area contributed by atoms with Gasteiger partial charge in [0.15, 0.2) is 0 Å². The maximum absolute atomic E-state index is 8.89. The maximum Gasteiger partial charge on any atom is 0.242 e. The molecule has 1 aliphatic heterocycles. The van der Waals surface area contributed by atoms with E-state index in [2.05, 4.69) is 10.1 Å². The number of aliphatic hydroxyl groups is 1. The molecule has 50 valence electrons. The molecule has 0 fully saturated rings. The minimum Gasteiger partial charge on any atom is -0.383 e. The van der Waals surface area contributed by atoms with Crippen molar-refractivity contribution >= 4 is 12.1 Å². The summed E-state index contributed by atoms with van der Waals surface area (Å²) in [6.45, 7) is 0. The van der Waals surface area contributed by atoms with Crippen LogP contribution in [0, 0.1) is 0 Å². The van der Waals surface area contributed by atoms with Gasteiger partial charge in [-0.05, 0) is 0 Å². The van der Waals surface area contributed by atoms with Crippen LogP contribution in [0.2, 0.25) is 0 Å². The molecular formula is C4H8N4O. The molecule has 0 amide bonds. The van der Waals surface area contributed by atoms with Gasteiger partial charge in [-0.25, -0.2) is 4.99 Å². The van der Waals surface area contributed by atoms with Gasteiger partial charge >= 0.3 is 0 Å². The average Bonchev–Trinajstić information content (AvgIpc) is 1.80. The number of nitrogens with two attached hydrogens (primary N) is 1. The molecule has 0 bridgehead atoms. The van der Waals surface area contributed by atoms with E-state index in [-0.39, 0.29) is 5.84 Å². The Bertz CT molecular complexity index is 164. The van der Waals surface area contributed by atoms with Gasteiger partial charge in [-0.1, -0.05) is 0 Å². The van der Waals surface area contributed by atoms with E-state index >= 15 is 0 Å². The van der Waals surface area contributed by atoms with Crippen molar-refractivity contribution in [3.05, 3.63) is 0 Å². The molecule has 0 radical (unpaired) electrons. The number of rotatable bonds is 0. The molecule has 0 saturated carbocycles. The fourth-order valence-electron chi connectivity index (χ4n) is 0.460. The minimum absolute atomic E-state index is 0.251.